The van der Waals surface area contributed by atoms with E-state index in [0.29, 0.717) is 15.5 Å². The van der Waals surface area contributed by atoms with Crippen LogP contribution in [0.15, 0.2) is 16.0 Å². The van der Waals surface area contributed by atoms with Gasteiger partial charge in [-0.15, -0.1) is 11.3 Å². The Labute approximate surface area is 117 Å². The Kier molecular flexibility index (Phi) is 3.52. The lowest BCUT2D eigenvalue weighted by Gasteiger charge is -2.13. The van der Waals surface area contributed by atoms with Crippen molar-refractivity contribution in [2.75, 3.05) is 0 Å². The molecule has 0 atom stereocenters. The third-order valence-electron chi connectivity index (χ3n) is 2.08. The van der Waals surface area contributed by atoms with Crippen molar-refractivity contribution >= 4 is 38.9 Å². The zero-order chi connectivity index (χ0) is 12.6. The number of aromatic nitrogens is 3. The highest BCUT2D eigenvalue weighted by Gasteiger charge is 2.19. The van der Waals surface area contributed by atoms with E-state index < -0.39 is 0 Å². The van der Waals surface area contributed by atoms with Crippen LogP contribution in [0.4, 0.5) is 0 Å². The lowest BCUT2D eigenvalue weighted by Crippen LogP contribution is -2.10. The Morgan fingerprint density at radius 3 is 2.53 bits per heavy atom. The van der Waals surface area contributed by atoms with Crippen molar-refractivity contribution in [3.05, 3.63) is 26.2 Å². The van der Waals surface area contributed by atoms with E-state index in [9.17, 15) is 0 Å². The Hall–Kier alpha value is -0.520. The Balaban J connectivity index is 2.40. The van der Waals surface area contributed by atoms with Gasteiger partial charge in [0.1, 0.15) is 10.8 Å². The molecule has 0 saturated heterocycles. The molecule has 0 fully saturated rings. The smallest absolute Gasteiger partial charge is 0.180 e. The maximum absolute atomic E-state index is 5.94. The maximum atomic E-state index is 5.94. The first-order valence-electron chi connectivity index (χ1n) is 5.02. The van der Waals surface area contributed by atoms with E-state index in [1.54, 1.807) is 17.5 Å². The quantitative estimate of drug-likeness (QED) is 0.730. The number of hydrogen-bond donors (Lipinski definition) is 0. The number of nitrogens with zero attached hydrogens (tertiary/aromatic N) is 3. The lowest BCUT2D eigenvalue weighted by molar-refractivity contribution is 0.586. The summed E-state index contributed by atoms with van der Waals surface area (Å²) in [6.07, 6.45) is 1.64. The molecule has 0 aliphatic rings. The Bertz CT molecular complexity index is 548. The fourth-order valence-corrected chi connectivity index (χ4v) is 2.40. The number of rotatable bonds is 1. The summed E-state index contributed by atoms with van der Waals surface area (Å²) < 4.78 is 0.689. The molecule has 0 radical (unpaired) electrons. The van der Waals surface area contributed by atoms with Crippen LogP contribution in [-0.4, -0.2) is 15.0 Å². The Morgan fingerprint density at radius 2 is 2.00 bits per heavy atom. The standard InChI is InChI=1S/C11H11BrClN3S/c1-11(2,3)10-15-7(5-17-10)9-14-4-6(12)8(13)16-9/h4-5H,1-3H3. The van der Waals surface area contributed by atoms with Crippen LogP contribution in [0.5, 0.6) is 0 Å². The van der Waals surface area contributed by atoms with Crippen molar-refractivity contribution in [1.29, 1.82) is 0 Å². The minimum Gasteiger partial charge on any atom is -0.237 e. The van der Waals surface area contributed by atoms with Crippen LogP contribution in [0.2, 0.25) is 5.15 Å². The van der Waals surface area contributed by atoms with Gasteiger partial charge in [0.05, 0.1) is 9.48 Å². The fourth-order valence-electron chi connectivity index (χ4n) is 1.19. The van der Waals surface area contributed by atoms with E-state index in [2.05, 4.69) is 51.7 Å². The average Bonchev–Trinajstić information content (AvgIpc) is 2.70. The van der Waals surface area contributed by atoms with Crippen molar-refractivity contribution in [3.8, 4) is 11.5 Å². The average molecular weight is 333 g/mol. The van der Waals surface area contributed by atoms with Gasteiger partial charge in [0.2, 0.25) is 0 Å². The van der Waals surface area contributed by atoms with E-state index in [4.69, 9.17) is 11.6 Å². The summed E-state index contributed by atoms with van der Waals surface area (Å²) in [5.74, 6) is 0.560. The van der Waals surface area contributed by atoms with Crippen LogP contribution in [-0.2, 0) is 5.41 Å². The number of thiazole rings is 1. The molecule has 6 heteroatoms. The van der Waals surface area contributed by atoms with Crippen LogP contribution in [0.1, 0.15) is 25.8 Å². The second kappa shape index (κ2) is 4.63. The third-order valence-corrected chi connectivity index (χ3v) is 4.44. The molecule has 0 aliphatic carbocycles. The van der Waals surface area contributed by atoms with Crippen LogP contribution in [0.3, 0.4) is 0 Å². The maximum Gasteiger partial charge on any atom is 0.180 e. The van der Waals surface area contributed by atoms with Crippen molar-refractivity contribution in [1.82, 2.24) is 15.0 Å². The minimum atomic E-state index is 0.0437. The molecule has 0 saturated carbocycles. The summed E-state index contributed by atoms with van der Waals surface area (Å²) in [6, 6.07) is 0. The van der Waals surface area contributed by atoms with Gasteiger partial charge in [-0.2, -0.15) is 0 Å². The predicted molar refractivity (Wildman–Crippen MR) is 74.6 cm³/mol. The summed E-state index contributed by atoms with van der Waals surface area (Å²) in [4.78, 5) is 12.9. The van der Waals surface area contributed by atoms with Gasteiger partial charge >= 0.3 is 0 Å². The van der Waals surface area contributed by atoms with Crippen molar-refractivity contribution in [3.63, 3.8) is 0 Å². The van der Waals surface area contributed by atoms with Gasteiger partial charge in [0.25, 0.3) is 0 Å². The number of halogens is 2. The highest BCUT2D eigenvalue weighted by molar-refractivity contribution is 9.10. The second-order valence-electron chi connectivity index (χ2n) is 4.62. The van der Waals surface area contributed by atoms with E-state index in [1.807, 2.05) is 5.38 Å². The number of hydrogen-bond acceptors (Lipinski definition) is 4. The van der Waals surface area contributed by atoms with E-state index in [1.165, 1.54) is 0 Å². The molecule has 0 aliphatic heterocycles. The first-order chi connectivity index (χ1) is 7.88. The van der Waals surface area contributed by atoms with E-state index in [0.717, 1.165) is 10.7 Å². The van der Waals surface area contributed by atoms with Gasteiger partial charge in [-0.05, 0) is 15.9 Å². The van der Waals surface area contributed by atoms with Crippen molar-refractivity contribution < 1.29 is 0 Å². The fraction of sp³-hybridized carbons (Fsp3) is 0.364. The molecule has 17 heavy (non-hydrogen) atoms. The molecule has 2 rings (SSSR count). The largest absolute Gasteiger partial charge is 0.237 e. The second-order valence-corrected chi connectivity index (χ2v) is 6.69. The summed E-state index contributed by atoms with van der Waals surface area (Å²) >= 11 is 10.8. The van der Waals surface area contributed by atoms with E-state index >= 15 is 0 Å². The molecular formula is C11H11BrClN3S. The van der Waals surface area contributed by atoms with Gasteiger partial charge in [-0.25, -0.2) is 15.0 Å². The Morgan fingerprint density at radius 1 is 1.29 bits per heavy atom. The molecule has 0 bridgehead atoms. The van der Waals surface area contributed by atoms with Gasteiger partial charge in [0, 0.05) is 17.0 Å². The topological polar surface area (TPSA) is 38.7 Å². The summed E-state index contributed by atoms with van der Waals surface area (Å²) in [5.41, 5.74) is 0.816. The zero-order valence-electron chi connectivity index (χ0n) is 9.66. The minimum absolute atomic E-state index is 0.0437. The molecule has 2 heterocycles. The molecule has 0 aromatic carbocycles. The normalized spacial score (nSPS) is 11.8. The van der Waals surface area contributed by atoms with Gasteiger partial charge < -0.3 is 0 Å². The predicted octanol–water partition coefficient (Wildman–Crippen LogP) is 4.31. The third kappa shape index (κ3) is 2.84. The SMILES string of the molecule is CC(C)(C)c1nc(-c2ncc(Br)c(Cl)n2)cs1. The van der Waals surface area contributed by atoms with Gasteiger partial charge in [-0.1, -0.05) is 32.4 Å². The molecule has 0 amide bonds. The lowest BCUT2D eigenvalue weighted by atomic mass is 9.98. The summed E-state index contributed by atoms with van der Waals surface area (Å²) in [5, 5.41) is 3.43. The first-order valence-corrected chi connectivity index (χ1v) is 7.07. The summed E-state index contributed by atoms with van der Waals surface area (Å²) in [7, 11) is 0. The first kappa shape index (κ1) is 12.9. The van der Waals surface area contributed by atoms with Crippen molar-refractivity contribution in [2.45, 2.75) is 26.2 Å². The summed E-state index contributed by atoms with van der Waals surface area (Å²) in [6.45, 7) is 6.39. The van der Waals surface area contributed by atoms with Crippen LogP contribution >= 0.6 is 38.9 Å². The van der Waals surface area contributed by atoms with E-state index in [-0.39, 0.29) is 5.41 Å². The van der Waals surface area contributed by atoms with Gasteiger partial charge in [-0.3, -0.25) is 0 Å². The molecule has 2 aromatic heterocycles. The monoisotopic (exact) mass is 331 g/mol. The molecule has 90 valence electrons. The molecular weight excluding hydrogens is 322 g/mol. The van der Waals surface area contributed by atoms with Crippen LogP contribution in [0.25, 0.3) is 11.5 Å². The van der Waals surface area contributed by atoms with Crippen molar-refractivity contribution in [2.24, 2.45) is 0 Å². The highest BCUT2D eigenvalue weighted by atomic mass is 79.9. The van der Waals surface area contributed by atoms with Gasteiger partial charge in [0.15, 0.2) is 5.82 Å². The molecule has 0 spiro atoms. The zero-order valence-corrected chi connectivity index (χ0v) is 12.8. The molecule has 2 aromatic rings. The molecule has 0 unspecified atom stereocenters. The van der Waals surface area contributed by atoms with Crippen LogP contribution < -0.4 is 0 Å². The molecule has 0 N–H and O–H groups in total. The molecule has 3 nitrogen and oxygen atoms in total. The van der Waals surface area contributed by atoms with Crippen LogP contribution in [0, 0.1) is 0 Å². The highest BCUT2D eigenvalue weighted by Crippen LogP contribution is 2.29.